The van der Waals surface area contributed by atoms with Crippen LogP contribution in [0.4, 0.5) is 0 Å². The fourth-order valence-electron chi connectivity index (χ4n) is 1.38. The number of allylic oxidation sites excluding steroid dienone is 1. The number of ether oxygens (including phenoxy) is 1. The Morgan fingerprint density at radius 2 is 2.00 bits per heavy atom. The Morgan fingerprint density at radius 3 is 2.64 bits per heavy atom. The first-order valence-electron chi connectivity index (χ1n) is 4.36. The van der Waals surface area contributed by atoms with Crippen molar-refractivity contribution >= 4 is 17.4 Å². The van der Waals surface area contributed by atoms with Gasteiger partial charge in [0.1, 0.15) is 6.10 Å². The highest BCUT2D eigenvalue weighted by atomic mass is 35.5. The third kappa shape index (κ3) is 1.96. The van der Waals surface area contributed by atoms with Crippen LogP contribution in [0.2, 0.25) is 5.02 Å². The Balaban J connectivity index is 2.19. The lowest BCUT2D eigenvalue weighted by Crippen LogP contribution is -2.10. The van der Waals surface area contributed by atoms with Crippen LogP contribution < -0.4 is 0 Å². The van der Waals surface area contributed by atoms with Gasteiger partial charge in [0.25, 0.3) is 0 Å². The summed E-state index contributed by atoms with van der Waals surface area (Å²) in [6, 6.07) is 7.34. The molecule has 72 valence electrons. The van der Waals surface area contributed by atoms with E-state index in [0.29, 0.717) is 11.4 Å². The number of carbonyl (C=O) groups excluding carboxylic acids is 1. The Morgan fingerprint density at radius 1 is 1.29 bits per heavy atom. The Bertz CT molecular complexity index is 367. The van der Waals surface area contributed by atoms with E-state index in [0.717, 1.165) is 5.56 Å². The van der Waals surface area contributed by atoms with Crippen LogP contribution in [0.25, 0.3) is 0 Å². The van der Waals surface area contributed by atoms with Crippen LogP contribution in [0.5, 0.6) is 0 Å². The summed E-state index contributed by atoms with van der Waals surface area (Å²) in [5.74, 6) is 0.0937. The largest absolute Gasteiger partial charge is 0.493 e. The molecule has 0 aliphatic carbocycles. The standard InChI is InChI=1S/C11H9ClO2/c12-9-3-1-8(2-4-9)11-7-10(13)5-6-14-11/h1-6,11H,7H2/t11-/m0/s1. The van der Waals surface area contributed by atoms with Crippen molar-refractivity contribution < 1.29 is 9.53 Å². The molecule has 0 bridgehead atoms. The van der Waals surface area contributed by atoms with Crippen LogP contribution in [0.3, 0.4) is 0 Å². The number of hydrogen-bond donors (Lipinski definition) is 0. The third-order valence-electron chi connectivity index (χ3n) is 2.13. The zero-order valence-electron chi connectivity index (χ0n) is 7.44. The maximum absolute atomic E-state index is 11.1. The molecule has 1 heterocycles. The Hall–Kier alpha value is -1.28. The third-order valence-corrected chi connectivity index (χ3v) is 2.38. The molecular formula is C11H9ClO2. The monoisotopic (exact) mass is 208 g/mol. The van der Waals surface area contributed by atoms with Crippen LogP contribution in [0.15, 0.2) is 36.6 Å². The minimum atomic E-state index is -0.162. The molecule has 0 amide bonds. The van der Waals surface area contributed by atoms with Crippen molar-refractivity contribution in [3.63, 3.8) is 0 Å². The van der Waals surface area contributed by atoms with Gasteiger partial charge in [0, 0.05) is 11.1 Å². The lowest BCUT2D eigenvalue weighted by molar-refractivity contribution is -0.118. The topological polar surface area (TPSA) is 26.3 Å². The van der Waals surface area contributed by atoms with Gasteiger partial charge in [-0.25, -0.2) is 0 Å². The maximum Gasteiger partial charge on any atom is 0.162 e. The number of hydrogen-bond acceptors (Lipinski definition) is 2. The molecule has 0 aromatic heterocycles. The molecule has 2 rings (SSSR count). The van der Waals surface area contributed by atoms with Crippen molar-refractivity contribution in [1.29, 1.82) is 0 Å². The molecular weight excluding hydrogens is 200 g/mol. The first-order chi connectivity index (χ1) is 6.75. The van der Waals surface area contributed by atoms with E-state index in [-0.39, 0.29) is 11.9 Å². The molecule has 2 nitrogen and oxygen atoms in total. The predicted octanol–water partition coefficient (Wildman–Crippen LogP) is 2.88. The van der Waals surface area contributed by atoms with E-state index in [9.17, 15) is 4.79 Å². The molecule has 0 spiro atoms. The lowest BCUT2D eigenvalue weighted by atomic mass is 10.0. The zero-order chi connectivity index (χ0) is 9.97. The van der Waals surface area contributed by atoms with Crippen molar-refractivity contribution in [3.8, 4) is 0 Å². The molecule has 0 saturated carbocycles. The molecule has 14 heavy (non-hydrogen) atoms. The second-order valence-electron chi connectivity index (χ2n) is 3.15. The summed E-state index contributed by atoms with van der Waals surface area (Å²) < 4.78 is 5.33. The van der Waals surface area contributed by atoms with Gasteiger partial charge in [0.05, 0.1) is 12.7 Å². The molecule has 0 saturated heterocycles. The summed E-state index contributed by atoms with van der Waals surface area (Å²) in [6.45, 7) is 0. The van der Waals surface area contributed by atoms with E-state index < -0.39 is 0 Å². The van der Waals surface area contributed by atoms with E-state index >= 15 is 0 Å². The van der Waals surface area contributed by atoms with Gasteiger partial charge in [-0.05, 0) is 17.7 Å². The molecule has 0 fully saturated rings. The highest BCUT2D eigenvalue weighted by Gasteiger charge is 2.18. The van der Waals surface area contributed by atoms with Gasteiger partial charge in [-0.1, -0.05) is 23.7 Å². The number of benzene rings is 1. The van der Waals surface area contributed by atoms with E-state index in [1.54, 1.807) is 12.1 Å². The fraction of sp³-hybridized carbons (Fsp3) is 0.182. The first-order valence-corrected chi connectivity index (χ1v) is 4.74. The van der Waals surface area contributed by atoms with Crippen molar-refractivity contribution in [2.75, 3.05) is 0 Å². The second-order valence-corrected chi connectivity index (χ2v) is 3.59. The van der Waals surface area contributed by atoms with Crippen molar-refractivity contribution in [3.05, 3.63) is 47.2 Å². The summed E-state index contributed by atoms with van der Waals surface area (Å²) in [7, 11) is 0. The van der Waals surface area contributed by atoms with Gasteiger partial charge in [-0.3, -0.25) is 4.79 Å². The molecule has 1 aliphatic rings. The Kier molecular flexibility index (Phi) is 2.55. The van der Waals surface area contributed by atoms with Crippen molar-refractivity contribution in [2.24, 2.45) is 0 Å². The molecule has 1 atom stereocenters. The van der Waals surface area contributed by atoms with Crippen molar-refractivity contribution in [1.82, 2.24) is 0 Å². The summed E-state index contributed by atoms with van der Waals surface area (Å²) in [5.41, 5.74) is 0.979. The Labute approximate surface area is 87.1 Å². The van der Waals surface area contributed by atoms with Gasteiger partial charge in [0.2, 0.25) is 0 Å². The van der Waals surface area contributed by atoms with Crippen LogP contribution in [0, 0.1) is 0 Å². The number of carbonyl (C=O) groups is 1. The zero-order valence-corrected chi connectivity index (χ0v) is 8.20. The van der Waals surface area contributed by atoms with Gasteiger partial charge >= 0.3 is 0 Å². The van der Waals surface area contributed by atoms with Crippen LogP contribution in [-0.2, 0) is 9.53 Å². The molecule has 1 aromatic carbocycles. The lowest BCUT2D eigenvalue weighted by Gasteiger charge is -2.18. The van der Waals surface area contributed by atoms with Crippen LogP contribution >= 0.6 is 11.6 Å². The minimum Gasteiger partial charge on any atom is -0.493 e. The van der Waals surface area contributed by atoms with Gasteiger partial charge in [-0.2, -0.15) is 0 Å². The molecule has 1 aliphatic heterocycles. The number of halogens is 1. The molecule has 1 aromatic rings. The van der Waals surface area contributed by atoms with Crippen LogP contribution in [0.1, 0.15) is 18.1 Å². The summed E-state index contributed by atoms with van der Waals surface area (Å²) in [6.07, 6.45) is 3.14. The number of rotatable bonds is 1. The van der Waals surface area contributed by atoms with Gasteiger partial charge < -0.3 is 4.74 Å². The highest BCUT2D eigenvalue weighted by Crippen LogP contribution is 2.25. The van der Waals surface area contributed by atoms with Gasteiger partial charge in [-0.15, -0.1) is 0 Å². The maximum atomic E-state index is 11.1. The molecule has 0 unspecified atom stereocenters. The SMILES string of the molecule is O=C1C=CO[C@H](c2ccc(Cl)cc2)C1. The average molecular weight is 209 g/mol. The van der Waals surface area contributed by atoms with E-state index in [1.807, 2.05) is 12.1 Å². The van der Waals surface area contributed by atoms with E-state index in [1.165, 1.54) is 12.3 Å². The smallest absolute Gasteiger partial charge is 0.162 e. The van der Waals surface area contributed by atoms with E-state index in [2.05, 4.69) is 0 Å². The fourth-order valence-corrected chi connectivity index (χ4v) is 1.51. The summed E-state index contributed by atoms with van der Waals surface area (Å²) in [5, 5.41) is 0.687. The quantitative estimate of drug-likeness (QED) is 0.710. The van der Waals surface area contributed by atoms with E-state index in [4.69, 9.17) is 16.3 Å². The molecule has 3 heteroatoms. The normalized spacial score (nSPS) is 20.6. The second kappa shape index (κ2) is 3.84. The summed E-state index contributed by atoms with van der Waals surface area (Å²) in [4.78, 5) is 11.1. The highest BCUT2D eigenvalue weighted by molar-refractivity contribution is 6.30. The molecule has 0 radical (unpaired) electrons. The van der Waals surface area contributed by atoms with Crippen molar-refractivity contribution in [2.45, 2.75) is 12.5 Å². The molecule has 0 N–H and O–H groups in total. The summed E-state index contributed by atoms with van der Waals surface area (Å²) >= 11 is 5.76. The number of ketones is 1. The predicted molar refractivity (Wildman–Crippen MR) is 54.0 cm³/mol. The first kappa shape index (κ1) is 9.28. The average Bonchev–Trinajstić information content (AvgIpc) is 2.19. The van der Waals surface area contributed by atoms with Gasteiger partial charge in [0.15, 0.2) is 5.78 Å². The van der Waals surface area contributed by atoms with Crippen LogP contribution in [-0.4, -0.2) is 5.78 Å². The minimum absolute atomic E-state index is 0.0937.